The van der Waals surface area contributed by atoms with Crippen molar-refractivity contribution in [2.24, 2.45) is 0 Å². The predicted octanol–water partition coefficient (Wildman–Crippen LogP) is 3.95. The van der Waals surface area contributed by atoms with Crippen LogP contribution in [0.3, 0.4) is 0 Å². The quantitative estimate of drug-likeness (QED) is 0.652. The molecule has 2 heterocycles. The van der Waals surface area contributed by atoms with Gasteiger partial charge in [-0.1, -0.05) is 42.1 Å². The third-order valence-corrected chi connectivity index (χ3v) is 5.21. The van der Waals surface area contributed by atoms with Gasteiger partial charge in [0.2, 0.25) is 5.91 Å². The minimum atomic E-state index is -0.425. The van der Waals surface area contributed by atoms with E-state index in [2.05, 4.69) is 10.2 Å². The van der Waals surface area contributed by atoms with Gasteiger partial charge in [0.25, 0.3) is 11.1 Å². The molecule has 1 aliphatic heterocycles. The number of halogens is 1. The average molecular weight is 369 g/mol. The highest BCUT2D eigenvalue weighted by molar-refractivity contribution is 8.00. The van der Waals surface area contributed by atoms with Crippen LogP contribution in [0.2, 0.25) is 0 Å². The molecule has 132 valence electrons. The van der Waals surface area contributed by atoms with Crippen molar-refractivity contribution in [1.82, 2.24) is 10.2 Å². The molecule has 1 atom stereocenters. The normalized spacial score (nSPS) is 14.3. The maximum Gasteiger partial charge on any atom is 0.277 e. The first-order valence-electron chi connectivity index (χ1n) is 8.28. The summed E-state index contributed by atoms with van der Waals surface area (Å²) in [5.41, 5.74) is 2.39. The summed E-state index contributed by atoms with van der Waals surface area (Å²) in [5, 5.41) is 7.68. The van der Waals surface area contributed by atoms with E-state index in [1.54, 1.807) is 30.0 Å². The largest absolute Gasteiger partial charge is 0.411 e. The number of para-hydroxylation sites is 1. The molecule has 7 heteroatoms. The molecule has 0 bridgehead atoms. The van der Waals surface area contributed by atoms with Crippen LogP contribution < -0.4 is 4.90 Å². The van der Waals surface area contributed by atoms with Crippen LogP contribution in [0.5, 0.6) is 0 Å². The highest BCUT2D eigenvalue weighted by Gasteiger charge is 2.29. The van der Waals surface area contributed by atoms with Gasteiger partial charge in [-0.2, -0.15) is 0 Å². The van der Waals surface area contributed by atoms with Gasteiger partial charge in [-0.3, -0.25) is 4.79 Å². The summed E-state index contributed by atoms with van der Waals surface area (Å²) < 4.78 is 19.4. The summed E-state index contributed by atoms with van der Waals surface area (Å²) in [7, 11) is 0. The second-order valence-corrected chi connectivity index (χ2v) is 7.27. The molecular formula is C19H16FN3O2S. The maximum absolute atomic E-state index is 13.8. The Bertz CT molecular complexity index is 959. The predicted molar refractivity (Wildman–Crippen MR) is 97.5 cm³/mol. The fraction of sp³-hybridized carbons (Fsp3) is 0.211. The molecule has 4 rings (SSSR count). The Morgan fingerprint density at radius 1 is 1.19 bits per heavy atom. The van der Waals surface area contributed by atoms with Gasteiger partial charge < -0.3 is 9.32 Å². The van der Waals surface area contributed by atoms with E-state index >= 15 is 0 Å². The van der Waals surface area contributed by atoms with Gasteiger partial charge in [0.1, 0.15) is 5.82 Å². The van der Waals surface area contributed by atoms with Crippen LogP contribution in [0.25, 0.3) is 11.5 Å². The fourth-order valence-corrected chi connectivity index (χ4v) is 3.73. The second kappa shape index (κ2) is 6.92. The Morgan fingerprint density at radius 2 is 1.96 bits per heavy atom. The van der Waals surface area contributed by atoms with Crippen molar-refractivity contribution in [3.63, 3.8) is 0 Å². The van der Waals surface area contributed by atoms with E-state index in [1.165, 1.54) is 23.4 Å². The third-order valence-electron chi connectivity index (χ3n) is 4.29. The van der Waals surface area contributed by atoms with Gasteiger partial charge in [0, 0.05) is 12.2 Å². The minimum Gasteiger partial charge on any atom is -0.411 e. The van der Waals surface area contributed by atoms with Crippen LogP contribution in [0.4, 0.5) is 10.1 Å². The number of carbonyl (C=O) groups excluding carboxylic acids is 1. The Balaban J connectivity index is 1.48. The molecule has 1 aromatic heterocycles. The van der Waals surface area contributed by atoms with E-state index in [9.17, 15) is 9.18 Å². The molecule has 0 saturated carbocycles. The van der Waals surface area contributed by atoms with Crippen LogP contribution in [0.1, 0.15) is 12.5 Å². The van der Waals surface area contributed by atoms with E-state index in [0.29, 0.717) is 6.54 Å². The highest BCUT2D eigenvalue weighted by atomic mass is 32.2. The summed E-state index contributed by atoms with van der Waals surface area (Å²) in [6.07, 6.45) is 0.858. The van der Waals surface area contributed by atoms with Crippen LogP contribution in [0.15, 0.2) is 58.2 Å². The highest BCUT2D eigenvalue weighted by Crippen LogP contribution is 2.32. The lowest BCUT2D eigenvalue weighted by molar-refractivity contribution is -0.117. The fourth-order valence-electron chi connectivity index (χ4n) is 2.99. The van der Waals surface area contributed by atoms with Crippen molar-refractivity contribution in [2.45, 2.75) is 23.8 Å². The van der Waals surface area contributed by atoms with Gasteiger partial charge in [0.15, 0.2) is 0 Å². The molecule has 0 aliphatic carbocycles. The first-order valence-corrected chi connectivity index (χ1v) is 9.16. The number of nitrogens with zero attached hydrogens (tertiary/aromatic N) is 3. The Hall–Kier alpha value is -2.67. The molecule has 1 aliphatic rings. The molecule has 0 saturated heterocycles. The Morgan fingerprint density at radius 3 is 2.81 bits per heavy atom. The zero-order valence-electron chi connectivity index (χ0n) is 14.1. The summed E-state index contributed by atoms with van der Waals surface area (Å²) in [4.78, 5) is 14.6. The molecule has 0 fully saturated rings. The monoisotopic (exact) mass is 369 g/mol. The maximum atomic E-state index is 13.8. The SMILES string of the molecule is C[C@@H](Sc1nnc(-c2ccccc2F)o1)C(=O)N1CCc2ccccc21. The van der Waals surface area contributed by atoms with Crippen molar-refractivity contribution in [3.8, 4) is 11.5 Å². The van der Waals surface area contributed by atoms with E-state index in [1.807, 2.05) is 24.3 Å². The van der Waals surface area contributed by atoms with Crippen LogP contribution in [-0.4, -0.2) is 27.9 Å². The molecule has 1 amide bonds. The number of hydrogen-bond acceptors (Lipinski definition) is 5. The first-order chi connectivity index (χ1) is 12.6. The number of hydrogen-bond donors (Lipinski definition) is 0. The standard InChI is InChI=1S/C19H16FN3O2S/c1-12(18(24)23-11-10-13-6-2-5-9-16(13)23)26-19-22-21-17(25-19)14-7-3-4-8-15(14)20/h2-9,12H,10-11H2,1H3/t12-/m1/s1. The summed E-state index contributed by atoms with van der Waals surface area (Å²) in [6.45, 7) is 2.48. The van der Waals surface area contributed by atoms with Crippen molar-refractivity contribution >= 4 is 23.4 Å². The summed E-state index contributed by atoms with van der Waals surface area (Å²) in [5.74, 6) is -0.326. The van der Waals surface area contributed by atoms with Crippen LogP contribution in [-0.2, 0) is 11.2 Å². The molecule has 0 radical (unpaired) electrons. The summed E-state index contributed by atoms with van der Waals surface area (Å²) >= 11 is 1.18. The van der Waals surface area contributed by atoms with Crippen molar-refractivity contribution in [2.75, 3.05) is 11.4 Å². The first kappa shape index (κ1) is 16.8. The molecule has 0 unspecified atom stereocenters. The number of aromatic nitrogens is 2. The van der Waals surface area contributed by atoms with Crippen molar-refractivity contribution in [1.29, 1.82) is 0 Å². The lowest BCUT2D eigenvalue weighted by Gasteiger charge is -2.20. The van der Waals surface area contributed by atoms with Crippen LogP contribution in [0, 0.1) is 5.82 Å². The van der Waals surface area contributed by atoms with E-state index in [0.717, 1.165) is 12.1 Å². The molecule has 0 N–H and O–H groups in total. The number of benzene rings is 2. The van der Waals surface area contributed by atoms with Crippen LogP contribution >= 0.6 is 11.8 Å². The van der Waals surface area contributed by atoms with E-state index < -0.39 is 11.1 Å². The third kappa shape index (κ3) is 3.10. The molecular weight excluding hydrogens is 353 g/mol. The number of amides is 1. The average Bonchev–Trinajstić information content (AvgIpc) is 3.28. The number of thioether (sulfide) groups is 1. The number of anilines is 1. The zero-order chi connectivity index (χ0) is 18.1. The molecule has 5 nitrogen and oxygen atoms in total. The zero-order valence-corrected chi connectivity index (χ0v) is 14.9. The lowest BCUT2D eigenvalue weighted by atomic mass is 10.2. The smallest absolute Gasteiger partial charge is 0.277 e. The number of carbonyl (C=O) groups is 1. The molecule has 3 aromatic rings. The number of fused-ring (bicyclic) bond motifs is 1. The molecule has 0 spiro atoms. The van der Waals surface area contributed by atoms with Crippen molar-refractivity contribution < 1.29 is 13.6 Å². The van der Waals surface area contributed by atoms with Gasteiger partial charge in [0.05, 0.1) is 10.8 Å². The van der Waals surface area contributed by atoms with Gasteiger partial charge in [-0.25, -0.2) is 4.39 Å². The topological polar surface area (TPSA) is 59.2 Å². The Kier molecular flexibility index (Phi) is 4.46. The van der Waals surface area contributed by atoms with E-state index in [-0.39, 0.29) is 22.6 Å². The second-order valence-electron chi connectivity index (χ2n) is 5.98. The van der Waals surface area contributed by atoms with Crippen molar-refractivity contribution in [3.05, 3.63) is 59.9 Å². The Labute approximate surface area is 154 Å². The van der Waals surface area contributed by atoms with Gasteiger partial charge in [-0.05, 0) is 37.1 Å². The van der Waals surface area contributed by atoms with Gasteiger partial charge >= 0.3 is 0 Å². The van der Waals surface area contributed by atoms with E-state index in [4.69, 9.17) is 4.42 Å². The molecule has 2 aromatic carbocycles. The minimum absolute atomic E-state index is 0.00871. The lowest BCUT2D eigenvalue weighted by Crippen LogP contribution is -2.35. The molecule has 26 heavy (non-hydrogen) atoms. The number of rotatable bonds is 4. The van der Waals surface area contributed by atoms with Gasteiger partial charge in [-0.15, -0.1) is 10.2 Å². The summed E-state index contributed by atoms with van der Waals surface area (Å²) in [6, 6.07) is 14.1.